The standard InChI is InChI=1S/C11H11N5O3S/c1-16-11(13-8-14-16)15-20(18,19)10-5-9(3-2-4-17)6-12-7-10/h5-8,17H,4H2,1H3,(H,13,14,15). The molecule has 0 spiro atoms. The van der Waals surface area contributed by atoms with Gasteiger partial charge in [0.15, 0.2) is 0 Å². The van der Waals surface area contributed by atoms with E-state index in [-0.39, 0.29) is 17.5 Å². The molecule has 0 saturated carbocycles. The molecule has 8 nitrogen and oxygen atoms in total. The third-order valence-electron chi connectivity index (χ3n) is 2.27. The molecule has 0 unspecified atom stereocenters. The van der Waals surface area contributed by atoms with Gasteiger partial charge < -0.3 is 5.11 Å². The molecule has 0 bridgehead atoms. The highest BCUT2D eigenvalue weighted by molar-refractivity contribution is 7.92. The highest BCUT2D eigenvalue weighted by Gasteiger charge is 2.17. The fourth-order valence-corrected chi connectivity index (χ4v) is 2.37. The smallest absolute Gasteiger partial charge is 0.265 e. The van der Waals surface area contributed by atoms with Crippen molar-refractivity contribution in [1.82, 2.24) is 19.7 Å². The number of rotatable bonds is 3. The molecule has 20 heavy (non-hydrogen) atoms. The molecule has 2 heterocycles. The number of hydrogen-bond acceptors (Lipinski definition) is 6. The molecule has 0 atom stereocenters. The van der Waals surface area contributed by atoms with E-state index in [1.54, 1.807) is 7.05 Å². The van der Waals surface area contributed by atoms with Crippen LogP contribution < -0.4 is 4.72 Å². The zero-order chi connectivity index (χ0) is 14.6. The van der Waals surface area contributed by atoms with Crippen LogP contribution in [0.3, 0.4) is 0 Å². The van der Waals surface area contributed by atoms with Gasteiger partial charge in [0.2, 0.25) is 5.95 Å². The zero-order valence-corrected chi connectivity index (χ0v) is 11.3. The highest BCUT2D eigenvalue weighted by atomic mass is 32.2. The van der Waals surface area contributed by atoms with Crippen LogP contribution in [0.15, 0.2) is 29.7 Å². The zero-order valence-electron chi connectivity index (χ0n) is 10.5. The van der Waals surface area contributed by atoms with Crippen molar-refractivity contribution in [3.63, 3.8) is 0 Å². The van der Waals surface area contributed by atoms with E-state index in [9.17, 15) is 8.42 Å². The van der Waals surface area contributed by atoms with Gasteiger partial charge in [-0.25, -0.2) is 17.8 Å². The highest BCUT2D eigenvalue weighted by Crippen LogP contribution is 2.13. The Bertz CT molecular complexity index is 773. The lowest BCUT2D eigenvalue weighted by molar-refractivity contribution is 0.350. The maximum atomic E-state index is 12.1. The molecule has 0 aliphatic rings. The Morgan fingerprint density at radius 3 is 2.90 bits per heavy atom. The van der Waals surface area contributed by atoms with Crippen LogP contribution in [0, 0.1) is 11.8 Å². The number of hydrogen-bond donors (Lipinski definition) is 2. The summed E-state index contributed by atoms with van der Waals surface area (Å²) in [6, 6.07) is 1.36. The van der Waals surface area contributed by atoms with E-state index in [0.29, 0.717) is 5.56 Å². The Morgan fingerprint density at radius 2 is 2.25 bits per heavy atom. The molecule has 2 rings (SSSR count). The van der Waals surface area contributed by atoms with Crippen molar-refractivity contribution in [2.45, 2.75) is 4.90 Å². The van der Waals surface area contributed by atoms with Crippen molar-refractivity contribution in [3.05, 3.63) is 30.4 Å². The van der Waals surface area contributed by atoms with E-state index in [0.717, 1.165) is 0 Å². The van der Waals surface area contributed by atoms with Gasteiger partial charge in [-0.2, -0.15) is 10.1 Å². The normalized spacial score (nSPS) is 10.7. The Kier molecular flexibility index (Phi) is 3.97. The molecule has 2 aromatic heterocycles. The van der Waals surface area contributed by atoms with Crippen molar-refractivity contribution in [2.75, 3.05) is 11.3 Å². The maximum Gasteiger partial charge on any atom is 0.265 e. The number of pyridine rings is 1. The van der Waals surface area contributed by atoms with Crippen LogP contribution in [0.25, 0.3) is 0 Å². The number of nitrogens with one attached hydrogen (secondary N) is 1. The summed E-state index contributed by atoms with van der Waals surface area (Å²) < 4.78 is 27.9. The monoisotopic (exact) mass is 293 g/mol. The molecule has 0 aliphatic heterocycles. The molecule has 9 heteroatoms. The maximum absolute atomic E-state index is 12.1. The fraction of sp³-hybridized carbons (Fsp3) is 0.182. The molecule has 0 amide bonds. The van der Waals surface area contributed by atoms with E-state index in [1.165, 1.54) is 29.5 Å². The number of aliphatic hydroxyl groups excluding tert-OH is 1. The van der Waals surface area contributed by atoms with Gasteiger partial charge in [0.1, 0.15) is 17.8 Å². The summed E-state index contributed by atoms with van der Waals surface area (Å²) in [6.07, 6.45) is 3.84. The van der Waals surface area contributed by atoms with Crippen molar-refractivity contribution in [1.29, 1.82) is 0 Å². The lowest BCUT2D eigenvalue weighted by Crippen LogP contribution is -2.16. The molecular formula is C11H11N5O3S. The number of nitrogens with zero attached hydrogens (tertiary/aromatic N) is 4. The summed E-state index contributed by atoms with van der Waals surface area (Å²) in [5.41, 5.74) is 0.389. The topological polar surface area (TPSA) is 110 Å². The third-order valence-corrected chi connectivity index (χ3v) is 3.57. The first-order chi connectivity index (χ1) is 9.53. The number of anilines is 1. The average Bonchev–Trinajstić information content (AvgIpc) is 2.82. The molecule has 104 valence electrons. The van der Waals surface area contributed by atoms with Gasteiger partial charge in [0.05, 0.1) is 0 Å². The van der Waals surface area contributed by atoms with Gasteiger partial charge in [0.25, 0.3) is 10.0 Å². The van der Waals surface area contributed by atoms with Crippen LogP contribution in [-0.2, 0) is 17.1 Å². The molecule has 0 aromatic carbocycles. The first kappa shape index (κ1) is 14.0. The predicted molar refractivity (Wildman–Crippen MR) is 70.0 cm³/mol. The van der Waals surface area contributed by atoms with Crippen molar-refractivity contribution in [3.8, 4) is 11.8 Å². The Morgan fingerprint density at radius 1 is 1.45 bits per heavy atom. The second-order valence-corrected chi connectivity index (χ2v) is 5.36. The summed E-state index contributed by atoms with van der Waals surface area (Å²) in [4.78, 5) is 7.54. The van der Waals surface area contributed by atoms with Crippen LogP contribution >= 0.6 is 0 Å². The Hall–Kier alpha value is -2.44. The van der Waals surface area contributed by atoms with E-state index in [2.05, 4.69) is 31.6 Å². The molecule has 2 aromatic rings. The van der Waals surface area contributed by atoms with Gasteiger partial charge in [-0.15, -0.1) is 0 Å². The van der Waals surface area contributed by atoms with Crippen LogP contribution in [0.2, 0.25) is 0 Å². The quantitative estimate of drug-likeness (QED) is 0.728. The van der Waals surface area contributed by atoms with E-state index >= 15 is 0 Å². The van der Waals surface area contributed by atoms with Crippen LogP contribution in [0.5, 0.6) is 0 Å². The van der Waals surface area contributed by atoms with E-state index < -0.39 is 10.0 Å². The second-order valence-electron chi connectivity index (χ2n) is 3.68. The first-order valence-corrected chi connectivity index (χ1v) is 6.93. The van der Waals surface area contributed by atoms with Crippen molar-refractivity contribution in [2.24, 2.45) is 7.05 Å². The predicted octanol–water partition coefficient (Wildman–Crippen LogP) is -0.645. The van der Waals surface area contributed by atoms with Crippen LogP contribution in [0.4, 0.5) is 5.95 Å². The minimum absolute atomic E-state index is 0.0507. The molecule has 0 radical (unpaired) electrons. The lowest BCUT2D eigenvalue weighted by atomic mass is 10.3. The summed E-state index contributed by atoms with van der Waals surface area (Å²) in [7, 11) is -2.26. The number of aromatic nitrogens is 4. The summed E-state index contributed by atoms with van der Waals surface area (Å²) >= 11 is 0. The van der Waals surface area contributed by atoms with Gasteiger partial charge in [0, 0.05) is 25.0 Å². The Balaban J connectivity index is 2.32. The van der Waals surface area contributed by atoms with Gasteiger partial charge in [-0.3, -0.25) is 4.98 Å². The van der Waals surface area contributed by atoms with Crippen LogP contribution in [-0.4, -0.2) is 39.9 Å². The van der Waals surface area contributed by atoms with Gasteiger partial charge in [-0.05, 0) is 6.07 Å². The second kappa shape index (κ2) is 5.68. The van der Waals surface area contributed by atoms with E-state index in [1.807, 2.05) is 0 Å². The molecule has 0 aliphatic carbocycles. The average molecular weight is 293 g/mol. The van der Waals surface area contributed by atoms with Gasteiger partial charge in [-0.1, -0.05) is 11.8 Å². The summed E-state index contributed by atoms with van der Waals surface area (Å²) in [5.74, 6) is 5.11. The number of aliphatic hydroxyl groups is 1. The SMILES string of the molecule is Cn1ncnc1NS(=O)(=O)c1cncc(C#CCO)c1. The largest absolute Gasteiger partial charge is 0.384 e. The molecule has 0 saturated heterocycles. The third kappa shape index (κ3) is 3.11. The number of sulfonamides is 1. The molecule has 0 fully saturated rings. The minimum atomic E-state index is -3.82. The summed E-state index contributed by atoms with van der Waals surface area (Å²) in [6.45, 7) is -0.311. The lowest BCUT2D eigenvalue weighted by Gasteiger charge is -2.06. The molecule has 2 N–H and O–H groups in total. The first-order valence-electron chi connectivity index (χ1n) is 5.44. The van der Waals surface area contributed by atoms with Crippen LogP contribution in [0.1, 0.15) is 5.56 Å². The Labute approximate surface area is 115 Å². The van der Waals surface area contributed by atoms with Crippen molar-refractivity contribution < 1.29 is 13.5 Å². The minimum Gasteiger partial charge on any atom is -0.384 e. The fourth-order valence-electron chi connectivity index (χ4n) is 1.34. The van der Waals surface area contributed by atoms with Crippen molar-refractivity contribution >= 4 is 16.0 Å². The number of aryl methyl sites for hydroxylation is 1. The molecular weight excluding hydrogens is 282 g/mol. The summed E-state index contributed by atoms with van der Waals surface area (Å²) in [5, 5.41) is 12.4. The van der Waals surface area contributed by atoms with Gasteiger partial charge >= 0.3 is 0 Å². The van der Waals surface area contributed by atoms with E-state index in [4.69, 9.17) is 5.11 Å².